The van der Waals surface area contributed by atoms with E-state index in [2.05, 4.69) is 9.72 Å². The molecule has 2 N–H and O–H groups in total. The molecule has 0 radical (unpaired) electrons. The fourth-order valence-electron chi connectivity index (χ4n) is 1.41. The molecule has 7 heteroatoms. The number of hydrogen-bond acceptors (Lipinski definition) is 4. The summed E-state index contributed by atoms with van der Waals surface area (Å²) in [5.74, 6) is -1.75. The van der Waals surface area contributed by atoms with Crippen molar-refractivity contribution in [3.8, 4) is 0 Å². The number of halogens is 3. The number of pyridine rings is 1. The first-order valence-electron chi connectivity index (χ1n) is 5.31. The van der Waals surface area contributed by atoms with Gasteiger partial charge in [-0.05, 0) is 18.6 Å². The molecule has 0 aromatic carbocycles. The summed E-state index contributed by atoms with van der Waals surface area (Å²) in [7, 11) is 0. The van der Waals surface area contributed by atoms with Gasteiger partial charge in [0.25, 0.3) is 6.43 Å². The van der Waals surface area contributed by atoms with E-state index >= 15 is 0 Å². The highest BCUT2D eigenvalue weighted by molar-refractivity contribution is 5.72. The van der Waals surface area contributed by atoms with Crippen LogP contribution in [-0.2, 0) is 22.5 Å². The minimum absolute atomic E-state index is 0.0210. The van der Waals surface area contributed by atoms with E-state index in [4.69, 9.17) is 5.73 Å². The number of nitrogens with two attached hydrogens (primary N) is 1. The van der Waals surface area contributed by atoms with Gasteiger partial charge in [0.2, 0.25) is 0 Å². The lowest BCUT2D eigenvalue weighted by molar-refractivity contribution is -0.142. The maximum absolute atomic E-state index is 13.2. The van der Waals surface area contributed by atoms with E-state index in [1.807, 2.05) is 0 Å². The highest BCUT2D eigenvalue weighted by atomic mass is 19.3. The van der Waals surface area contributed by atoms with Gasteiger partial charge in [-0.1, -0.05) is 0 Å². The van der Waals surface area contributed by atoms with Crippen LogP contribution in [0.2, 0.25) is 0 Å². The Labute approximate surface area is 102 Å². The molecule has 0 aliphatic heterocycles. The van der Waals surface area contributed by atoms with Crippen molar-refractivity contribution >= 4 is 5.97 Å². The van der Waals surface area contributed by atoms with Crippen molar-refractivity contribution in [1.82, 2.24) is 4.98 Å². The van der Waals surface area contributed by atoms with Gasteiger partial charge in [-0.2, -0.15) is 0 Å². The number of alkyl halides is 2. The number of nitrogens with zero attached hydrogens (tertiary/aromatic N) is 1. The quantitative estimate of drug-likeness (QED) is 0.820. The number of ether oxygens (including phenoxy) is 1. The molecule has 18 heavy (non-hydrogen) atoms. The van der Waals surface area contributed by atoms with Gasteiger partial charge in [0.15, 0.2) is 5.82 Å². The SMILES string of the molecule is CCOC(=O)Cc1nc(C(F)F)c(F)cc1CN. The Hall–Kier alpha value is -1.63. The molecular formula is C11H13F3N2O2. The monoisotopic (exact) mass is 262 g/mol. The third-order valence-electron chi connectivity index (χ3n) is 2.22. The number of carbonyl (C=O) groups excluding carboxylic acids is 1. The molecule has 1 aromatic heterocycles. The van der Waals surface area contributed by atoms with Gasteiger partial charge in [0.1, 0.15) is 5.69 Å². The molecule has 0 spiro atoms. The Morgan fingerprint density at radius 2 is 2.22 bits per heavy atom. The molecule has 1 rings (SSSR count). The predicted molar refractivity (Wildman–Crippen MR) is 57.4 cm³/mol. The molecule has 100 valence electrons. The molecule has 4 nitrogen and oxygen atoms in total. The molecule has 0 saturated carbocycles. The van der Waals surface area contributed by atoms with Crippen LogP contribution in [0.1, 0.15) is 30.3 Å². The Balaban J connectivity index is 3.08. The van der Waals surface area contributed by atoms with Crippen LogP contribution in [-0.4, -0.2) is 17.6 Å². The molecule has 0 unspecified atom stereocenters. The minimum Gasteiger partial charge on any atom is -0.466 e. The standard InChI is InChI=1S/C11H13F3N2O2/c1-2-18-9(17)4-8-6(5-15)3-7(12)10(16-8)11(13)14/h3,11H,2,4-5,15H2,1H3. The second-order valence-electron chi connectivity index (χ2n) is 3.45. The Morgan fingerprint density at radius 1 is 1.56 bits per heavy atom. The number of rotatable bonds is 5. The largest absolute Gasteiger partial charge is 0.466 e. The number of carbonyl (C=O) groups is 1. The zero-order chi connectivity index (χ0) is 13.7. The number of aromatic nitrogens is 1. The number of hydrogen-bond donors (Lipinski definition) is 1. The minimum atomic E-state index is -3.04. The zero-order valence-electron chi connectivity index (χ0n) is 9.75. The van der Waals surface area contributed by atoms with Gasteiger partial charge in [-0.15, -0.1) is 0 Å². The molecule has 1 aromatic rings. The van der Waals surface area contributed by atoms with Gasteiger partial charge in [-0.25, -0.2) is 18.2 Å². The predicted octanol–water partition coefficient (Wildman–Crippen LogP) is 1.72. The second kappa shape index (κ2) is 6.34. The third kappa shape index (κ3) is 3.43. The molecular weight excluding hydrogens is 249 g/mol. The summed E-state index contributed by atoms with van der Waals surface area (Å²) in [6.07, 6.45) is -3.35. The maximum Gasteiger partial charge on any atom is 0.311 e. The van der Waals surface area contributed by atoms with Crippen LogP contribution >= 0.6 is 0 Å². The topological polar surface area (TPSA) is 65.2 Å². The summed E-state index contributed by atoms with van der Waals surface area (Å²) in [4.78, 5) is 14.7. The molecule has 0 amide bonds. The molecule has 1 heterocycles. The van der Waals surface area contributed by atoms with Gasteiger partial charge in [-0.3, -0.25) is 4.79 Å². The lowest BCUT2D eigenvalue weighted by atomic mass is 10.1. The highest BCUT2D eigenvalue weighted by Crippen LogP contribution is 2.22. The van der Waals surface area contributed by atoms with Gasteiger partial charge < -0.3 is 10.5 Å². The van der Waals surface area contributed by atoms with E-state index in [-0.39, 0.29) is 30.8 Å². The average molecular weight is 262 g/mol. The zero-order valence-corrected chi connectivity index (χ0v) is 9.75. The highest BCUT2D eigenvalue weighted by Gasteiger charge is 2.20. The third-order valence-corrected chi connectivity index (χ3v) is 2.22. The van der Waals surface area contributed by atoms with Crippen molar-refractivity contribution in [1.29, 1.82) is 0 Å². The van der Waals surface area contributed by atoms with Gasteiger partial charge >= 0.3 is 5.97 Å². The van der Waals surface area contributed by atoms with Crippen molar-refractivity contribution in [3.63, 3.8) is 0 Å². The van der Waals surface area contributed by atoms with E-state index in [9.17, 15) is 18.0 Å². The fourth-order valence-corrected chi connectivity index (χ4v) is 1.41. The van der Waals surface area contributed by atoms with Crippen LogP contribution < -0.4 is 5.73 Å². The van der Waals surface area contributed by atoms with Crippen molar-refractivity contribution in [2.45, 2.75) is 26.3 Å². The molecule has 0 aliphatic rings. The lowest BCUT2D eigenvalue weighted by Crippen LogP contribution is -2.14. The second-order valence-corrected chi connectivity index (χ2v) is 3.45. The van der Waals surface area contributed by atoms with Crippen LogP contribution in [0, 0.1) is 5.82 Å². The average Bonchev–Trinajstić information content (AvgIpc) is 2.30. The Morgan fingerprint density at radius 3 is 2.72 bits per heavy atom. The molecule has 0 aliphatic carbocycles. The molecule has 0 saturated heterocycles. The van der Waals surface area contributed by atoms with Crippen molar-refractivity contribution in [2.75, 3.05) is 6.61 Å². The Kier molecular flexibility index (Phi) is 5.08. The fraction of sp³-hybridized carbons (Fsp3) is 0.455. The molecule has 0 atom stereocenters. The van der Waals surface area contributed by atoms with E-state index in [1.165, 1.54) is 0 Å². The Bertz CT molecular complexity index is 439. The summed E-state index contributed by atoms with van der Waals surface area (Å²) < 4.78 is 42.9. The molecule has 0 bridgehead atoms. The van der Waals surface area contributed by atoms with Crippen LogP contribution in [0.3, 0.4) is 0 Å². The summed E-state index contributed by atoms with van der Waals surface area (Å²) in [5.41, 5.74) is 4.60. The maximum atomic E-state index is 13.2. The van der Waals surface area contributed by atoms with E-state index < -0.39 is 23.9 Å². The van der Waals surface area contributed by atoms with Crippen molar-refractivity contribution in [2.24, 2.45) is 5.73 Å². The number of esters is 1. The van der Waals surface area contributed by atoms with Gasteiger partial charge in [0, 0.05) is 6.54 Å². The van der Waals surface area contributed by atoms with Crippen LogP contribution in [0.15, 0.2) is 6.07 Å². The van der Waals surface area contributed by atoms with Crippen LogP contribution in [0.5, 0.6) is 0 Å². The summed E-state index contributed by atoms with van der Waals surface area (Å²) in [5, 5.41) is 0. The van der Waals surface area contributed by atoms with Crippen LogP contribution in [0.4, 0.5) is 13.2 Å². The summed E-state index contributed by atoms with van der Waals surface area (Å²) in [6.45, 7) is 1.69. The normalized spacial score (nSPS) is 10.8. The van der Waals surface area contributed by atoms with E-state index in [1.54, 1.807) is 6.92 Å². The van der Waals surface area contributed by atoms with Crippen molar-refractivity contribution < 1.29 is 22.7 Å². The smallest absolute Gasteiger partial charge is 0.311 e. The summed E-state index contributed by atoms with van der Waals surface area (Å²) in [6, 6.07) is 0.878. The first kappa shape index (κ1) is 14.4. The first-order valence-corrected chi connectivity index (χ1v) is 5.31. The summed E-state index contributed by atoms with van der Waals surface area (Å²) >= 11 is 0. The van der Waals surface area contributed by atoms with Crippen LogP contribution in [0.25, 0.3) is 0 Å². The van der Waals surface area contributed by atoms with Crippen molar-refractivity contribution in [3.05, 3.63) is 28.8 Å². The first-order chi connectivity index (χ1) is 8.49. The molecule has 0 fully saturated rings. The lowest BCUT2D eigenvalue weighted by Gasteiger charge is -2.10. The van der Waals surface area contributed by atoms with E-state index in [0.29, 0.717) is 0 Å². The van der Waals surface area contributed by atoms with Gasteiger partial charge in [0.05, 0.1) is 18.7 Å². The van der Waals surface area contributed by atoms with E-state index in [0.717, 1.165) is 6.07 Å².